The maximum Gasteiger partial charge on any atom is 0.339 e. The molecule has 0 aromatic heterocycles. The van der Waals surface area contributed by atoms with E-state index in [1.807, 2.05) is 6.07 Å². The lowest BCUT2D eigenvalue weighted by molar-refractivity contribution is -0.934. The third-order valence-corrected chi connectivity index (χ3v) is 9.05. The molecule has 0 spiro atoms. The van der Waals surface area contributed by atoms with Gasteiger partial charge < -0.3 is 9.64 Å². The molecule has 1 N–H and O–H groups in total. The third kappa shape index (κ3) is 4.76. The molecule has 2 unspecified atom stereocenters. The zero-order chi connectivity index (χ0) is 18.2. The van der Waals surface area contributed by atoms with E-state index in [0.717, 1.165) is 23.6 Å². The lowest BCUT2D eigenvalue weighted by Gasteiger charge is -2.43. The van der Waals surface area contributed by atoms with Gasteiger partial charge in [0, 0.05) is 29.5 Å². The summed E-state index contributed by atoms with van der Waals surface area (Å²) in [5, 5.41) is 0. The molecule has 3 nitrogen and oxygen atoms in total. The summed E-state index contributed by atoms with van der Waals surface area (Å²) >= 11 is 6.76. The Morgan fingerprint density at radius 2 is 1.71 bits per heavy atom. The van der Waals surface area contributed by atoms with E-state index in [1.165, 1.54) is 0 Å². The zero-order valence-corrected chi connectivity index (χ0v) is 21.2. The molecular weight excluding hydrogens is 643 g/mol. The number of esters is 1. The van der Waals surface area contributed by atoms with Gasteiger partial charge in [0.2, 0.25) is 0 Å². The van der Waals surface area contributed by atoms with E-state index in [4.69, 9.17) is 4.74 Å². The van der Waals surface area contributed by atoms with Crippen molar-refractivity contribution in [1.82, 2.24) is 0 Å². The van der Waals surface area contributed by atoms with Crippen LogP contribution >= 0.6 is 67.8 Å². The molecule has 1 aliphatic rings. The van der Waals surface area contributed by atoms with Gasteiger partial charge in [0.05, 0.1) is 24.7 Å². The Labute approximate surface area is 186 Å². The number of benzene rings is 1. The van der Waals surface area contributed by atoms with Crippen molar-refractivity contribution in [2.45, 2.75) is 58.2 Å². The van der Waals surface area contributed by atoms with Gasteiger partial charge in [-0.2, -0.15) is 0 Å². The van der Waals surface area contributed by atoms with Gasteiger partial charge in [0.1, 0.15) is 5.60 Å². The van der Waals surface area contributed by atoms with Crippen molar-refractivity contribution < 1.29 is 14.4 Å². The van der Waals surface area contributed by atoms with Crippen molar-refractivity contribution in [2.24, 2.45) is 5.92 Å². The number of hydrogen-bond acceptors (Lipinski definition) is 2. The van der Waals surface area contributed by atoms with Crippen LogP contribution in [0.1, 0.15) is 50.9 Å². The van der Waals surface area contributed by atoms with E-state index < -0.39 is 5.60 Å². The monoisotopic (exact) mass is 668 g/mol. The summed E-state index contributed by atoms with van der Waals surface area (Å²) in [6.45, 7) is 8.73. The number of carbonyl (C=O) groups is 1. The van der Waals surface area contributed by atoms with E-state index in [1.54, 1.807) is 4.90 Å². The minimum atomic E-state index is -0.448. The summed E-state index contributed by atoms with van der Waals surface area (Å²) < 4.78 is 9.16. The minimum absolute atomic E-state index is 0.201. The highest BCUT2D eigenvalue weighted by Gasteiger charge is 2.42. The normalized spacial score (nSPS) is 27.8. The standard InChI is InChI=1S/C18H24I3NO2/c1-10-6-12(7-11(2)22(10)5)18(3,4)24-17(23)14-8-13(19)9-15(20)16(14)21/h8-12H,6-7H2,1-5H3/p+1. The minimum Gasteiger partial charge on any atom is -0.456 e. The predicted molar refractivity (Wildman–Crippen MR) is 123 cm³/mol. The van der Waals surface area contributed by atoms with Crippen LogP contribution in [0.2, 0.25) is 0 Å². The molecule has 6 heteroatoms. The van der Waals surface area contributed by atoms with Crippen molar-refractivity contribution >= 4 is 73.7 Å². The highest BCUT2D eigenvalue weighted by molar-refractivity contribution is 14.1. The maximum absolute atomic E-state index is 12.8. The summed E-state index contributed by atoms with van der Waals surface area (Å²) in [4.78, 5) is 14.4. The Hall–Kier alpha value is 0.840. The van der Waals surface area contributed by atoms with Gasteiger partial charge in [-0.1, -0.05) is 0 Å². The Balaban J connectivity index is 2.18. The number of ether oxygens (including phenoxy) is 1. The Morgan fingerprint density at radius 3 is 2.25 bits per heavy atom. The second kappa shape index (κ2) is 8.24. The summed E-state index contributed by atoms with van der Waals surface area (Å²) in [6, 6.07) is 5.19. The topological polar surface area (TPSA) is 30.7 Å². The predicted octanol–water partition coefficient (Wildman–Crippen LogP) is 4.14. The first-order valence-corrected chi connectivity index (χ1v) is 11.5. The Kier molecular flexibility index (Phi) is 7.26. The number of halogens is 3. The number of quaternary nitrogens is 1. The SMILES string of the molecule is CC1CC(C(C)(C)OC(=O)c2cc(I)cc(I)c2I)CC(C)[NH+]1C. The Bertz CT molecular complexity index is 621. The van der Waals surface area contributed by atoms with Gasteiger partial charge in [0.25, 0.3) is 0 Å². The highest BCUT2D eigenvalue weighted by atomic mass is 127. The number of rotatable bonds is 3. The van der Waals surface area contributed by atoms with Crippen LogP contribution in [0.25, 0.3) is 0 Å². The third-order valence-electron chi connectivity index (χ3n) is 5.38. The fourth-order valence-corrected chi connectivity index (χ4v) is 5.83. The van der Waals surface area contributed by atoms with Crippen LogP contribution in [0, 0.1) is 16.6 Å². The molecule has 2 rings (SSSR count). The molecule has 0 saturated carbocycles. The lowest BCUT2D eigenvalue weighted by atomic mass is 9.77. The average molecular weight is 668 g/mol. The van der Waals surface area contributed by atoms with Crippen LogP contribution in [-0.4, -0.2) is 30.7 Å². The van der Waals surface area contributed by atoms with Crippen LogP contribution in [-0.2, 0) is 4.74 Å². The van der Waals surface area contributed by atoms with Crippen molar-refractivity contribution in [3.05, 3.63) is 28.4 Å². The van der Waals surface area contributed by atoms with Gasteiger partial charge in [0.15, 0.2) is 0 Å². The van der Waals surface area contributed by atoms with Crippen molar-refractivity contribution in [2.75, 3.05) is 7.05 Å². The Morgan fingerprint density at radius 1 is 1.17 bits per heavy atom. The molecule has 1 aliphatic heterocycles. The molecule has 24 heavy (non-hydrogen) atoms. The fourth-order valence-electron chi connectivity index (χ4n) is 3.46. The number of nitrogens with one attached hydrogen (secondary N) is 1. The number of carbonyl (C=O) groups excluding carboxylic acids is 1. The molecule has 1 aromatic carbocycles. The van der Waals surface area contributed by atoms with Gasteiger partial charge in [-0.15, -0.1) is 0 Å². The molecular formula is C18H25I3NO2+. The first kappa shape index (κ1) is 21.1. The van der Waals surface area contributed by atoms with Gasteiger partial charge in [-0.05, 0) is 108 Å². The highest BCUT2D eigenvalue weighted by Crippen LogP contribution is 2.33. The zero-order valence-electron chi connectivity index (χ0n) is 14.8. The molecule has 1 fully saturated rings. The molecule has 1 heterocycles. The van der Waals surface area contributed by atoms with E-state index in [0.29, 0.717) is 23.6 Å². The quantitative estimate of drug-likeness (QED) is 0.299. The summed E-state index contributed by atoms with van der Waals surface area (Å²) in [5.41, 5.74) is 0.232. The number of piperidine rings is 1. The second-order valence-electron chi connectivity index (χ2n) is 7.46. The molecule has 0 amide bonds. The van der Waals surface area contributed by atoms with Gasteiger partial charge >= 0.3 is 5.97 Å². The van der Waals surface area contributed by atoms with Crippen LogP contribution in [0.4, 0.5) is 0 Å². The largest absolute Gasteiger partial charge is 0.456 e. The van der Waals surface area contributed by atoms with Crippen molar-refractivity contribution in [3.8, 4) is 0 Å². The van der Waals surface area contributed by atoms with Crippen LogP contribution in [0.15, 0.2) is 12.1 Å². The van der Waals surface area contributed by atoms with Crippen LogP contribution in [0.5, 0.6) is 0 Å². The van der Waals surface area contributed by atoms with Crippen molar-refractivity contribution in [1.29, 1.82) is 0 Å². The summed E-state index contributed by atoms with van der Waals surface area (Å²) in [7, 11) is 2.26. The molecule has 0 bridgehead atoms. The van der Waals surface area contributed by atoms with E-state index >= 15 is 0 Å². The lowest BCUT2D eigenvalue weighted by Crippen LogP contribution is -3.17. The number of likely N-dealkylation sites (tertiary alicyclic amines) is 1. The van der Waals surface area contributed by atoms with Crippen LogP contribution < -0.4 is 4.90 Å². The molecule has 134 valence electrons. The first-order chi connectivity index (χ1) is 11.0. The van der Waals surface area contributed by atoms with Gasteiger partial charge in [-0.3, -0.25) is 0 Å². The smallest absolute Gasteiger partial charge is 0.339 e. The van der Waals surface area contributed by atoms with Gasteiger partial charge in [-0.25, -0.2) is 4.79 Å². The van der Waals surface area contributed by atoms with E-state index in [9.17, 15) is 4.79 Å². The maximum atomic E-state index is 12.8. The van der Waals surface area contributed by atoms with Crippen LogP contribution in [0.3, 0.4) is 0 Å². The van der Waals surface area contributed by atoms with E-state index in [2.05, 4.69) is 109 Å². The average Bonchev–Trinajstić information content (AvgIpc) is 2.47. The summed E-state index contributed by atoms with van der Waals surface area (Å²) in [5.74, 6) is 0.196. The molecule has 1 aromatic rings. The van der Waals surface area contributed by atoms with E-state index in [-0.39, 0.29) is 5.97 Å². The first-order valence-electron chi connectivity index (χ1n) is 8.24. The summed E-state index contributed by atoms with van der Waals surface area (Å²) in [6.07, 6.45) is 2.19. The molecule has 1 saturated heterocycles. The molecule has 2 atom stereocenters. The second-order valence-corrected chi connectivity index (χ2v) is 10.9. The number of hydrogen-bond donors (Lipinski definition) is 1. The fraction of sp³-hybridized carbons (Fsp3) is 0.611. The van der Waals surface area contributed by atoms with Crippen molar-refractivity contribution in [3.63, 3.8) is 0 Å². The molecule has 0 aliphatic carbocycles. The molecule has 0 radical (unpaired) electrons.